The van der Waals surface area contributed by atoms with Gasteiger partial charge in [-0.15, -0.1) is 0 Å². The first-order chi connectivity index (χ1) is 8.26. The second kappa shape index (κ2) is 7.77. The van der Waals surface area contributed by atoms with Crippen molar-refractivity contribution in [2.75, 3.05) is 51.1 Å². The van der Waals surface area contributed by atoms with E-state index in [1.165, 1.54) is 6.33 Å². The van der Waals surface area contributed by atoms with E-state index < -0.39 is 0 Å². The SMILES string of the molecule is COCCN(C)CCNc1cc(NN)ncn1. The summed E-state index contributed by atoms with van der Waals surface area (Å²) in [7, 11) is 3.75. The van der Waals surface area contributed by atoms with Crippen molar-refractivity contribution in [2.45, 2.75) is 0 Å². The molecule has 96 valence electrons. The van der Waals surface area contributed by atoms with E-state index >= 15 is 0 Å². The van der Waals surface area contributed by atoms with Gasteiger partial charge < -0.3 is 20.4 Å². The molecule has 0 aliphatic rings. The summed E-state index contributed by atoms with van der Waals surface area (Å²) >= 11 is 0. The lowest BCUT2D eigenvalue weighted by Gasteiger charge is -2.16. The Bertz CT molecular complexity index is 321. The van der Waals surface area contributed by atoms with Crippen LogP contribution in [0.1, 0.15) is 0 Å². The topological polar surface area (TPSA) is 88.3 Å². The van der Waals surface area contributed by atoms with Gasteiger partial charge in [0.15, 0.2) is 0 Å². The lowest BCUT2D eigenvalue weighted by molar-refractivity contribution is 0.163. The molecule has 0 aliphatic heterocycles. The minimum atomic E-state index is 0.593. The summed E-state index contributed by atoms with van der Waals surface area (Å²) in [6, 6.07) is 1.76. The first-order valence-corrected chi connectivity index (χ1v) is 5.46. The molecule has 1 aromatic heterocycles. The zero-order chi connectivity index (χ0) is 12.5. The Hall–Kier alpha value is -1.44. The van der Waals surface area contributed by atoms with Crippen LogP contribution in [0.4, 0.5) is 11.6 Å². The first kappa shape index (κ1) is 13.6. The van der Waals surface area contributed by atoms with Gasteiger partial charge in [0.05, 0.1) is 6.61 Å². The molecule has 0 bridgehead atoms. The van der Waals surface area contributed by atoms with E-state index in [9.17, 15) is 0 Å². The maximum Gasteiger partial charge on any atom is 0.145 e. The molecule has 0 saturated heterocycles. The number of likely N-dealkylation sites (N-methyl/N-ethyl adjacent to an activating group) is 1. The van der Waals surface area contributed by atoms with Crippen LogP contribution >= 0.6 is 0 Å². The highest BCUT2D eigenvalue weighted by atomic mass is 16.5. The van der Waals surface area contributed by atoms with Gasteiger partial charge in [0.25, 0.3) is 0 Å². The molecule has 1 rings (SSSR count). The maximum atomic E-state index is 5.26. The molecule has 1 heterocycles. The van der Waals surface area contributed by atoms with Crippen LogP contribution < -0.4 is 16.6 Å². The van der Waals surface area contributed by atoms with Crippen molar-refractivity contribution in [3.05, 3.63) is 12.4 Å². The predicted molar refractivity (Wildman–Crippen MR) is 67.7 cm³/mol. The average molecular weight is 240 g/mol. The number of methoxy groups -OCH3 is 1. The van der Waals surface area contributed by atoms with Gasteiger partial charge in [-0.1, -0.05) is 0 Å². The van der Waals surface area contributed by atoms with Crippen molar-refractivity contribution in [1.29, 1.82) is 0 Å². The third kappa shape index (κ3) is 5.43. The lowest BCUT2D eigenvalue weighted by atomic mass is 10.4. The van der Waals surface area contributed by atoms with E-state index in [-0.39, 0.29) is 0 Å². The summed E-state index contributed by atoms with van der Waals surface area (Å²) in [5, 5.41) is 3.20. The number of hydrogen-bond donors (Lipinski definition) is 3. The summed E-state index contributed by atoms with van der Waals surface area (Å²) in [4.78, 5) is 10.2. The molecule has 0 unspecified atom stereocenters. The van der Waals surface area contributed by atoms with Crippen LogP contribution in [-0.4, -0.2) is 55.3 Å². The molecule has 0 aromatic carbocycles. The fraction of sp³-hybridized carbons (Fsp3) is 0.600. The van der Waals surface area contributed by atoms with Crippen LogP contribution in [-0.2, 0) is 4.74 Å². The molecule has 7 nitrogen and oxygen atoms in total. The molecule has 0 radical (unpaired) electrons. The summed E-state index contributed by atoms with van der Waals surface area (Å²) < 4.78 is 5.00. The second-order valence-corrected chi connectivity index (χ2v) is 3.66. The number of aromatic nitrogens is 2. The van der Waals surface area contributed by atoms with Gasteiger partial charge in [0.1, 0.15) is 18.0 Å². The van der Waals surface area contributed by atoms with Gasteiger partial charge >= 0.3 is 0 Å². The number of ether oxygens (including phenoxy) is 1. The Kier molecular flexibility index (Phi) is 6.23. The van der Waals surface area contributed by atoms with E-state index in [0.29, 0.717) is 5.82 Å². The fourth-order valence-electron chi connectivity index (χ4n) is 1.27. The summed E-state index contributed by atoms with van der Waals surface area (Å²) in [6.07, 6.45) is 1.46. The minimum absolute atomic E-state index is 0.593. The molecule has 0 atom stereocenters. The van der Waals surface area contributed by atoms with Gasteiger partial charge in [-0.25, -0.2) is 15.8 Å². The number of nitrogens with one attached hydrogen (secondary N) is 2. The Balaban J connectivity index is 2.25. The van der Waals surface area contributed by atoms with Crippen LogP contribution in [0.3, 0.4) is 0 Å². The van der Waals surface area contributed by atoms with E-state index in [1.54, 1.807) is 13.2 Å². The maximum absolute atomic E-state index is 5.26. The standard InChI is InChI=1S/C10H20N6O/c1-16(5-6-17-2)4-3-12-9-7-10(15-11)14-8-13-9/h7-8H,3-6,11H2,1-2H3,(H2,12,13,14,15). The second-order valence-electron chi connectivity index (χ2n) is 3.66. The van der Waals surface area contributed by atoms with Crippen LogP contribution in [0.5, 0.6) is 0 Å². The molecule has 7 heteroatoms. The Morgan fingerprint density at radius 2 is 2.12 bits per heavy atom. The number of hydrogen-bond acceptors (Lipinski definition) is 7. The van der Waals surface area contributed by atoms with E-state index in [4.69, 9.17) is 10.6 Å². The number of rotatable bonds is 8. The molecule has 0 spiro atoms. The van der Waals surface area contributed by atoms with Crippen LogP contribution in [0.25, 0.3) is 0 Å². The highest BCUT2D eigenvalue weighted by molar-refractivity contribution is 5.45. The predicted octanol–water partition coefficient (Wildman–Crippen LogP) is -0.248. The van der Waals surface area contributed by atoms with Gasteiger partial charge in [-0.3, -0.25) is 0 Å². The molecule has 1 aromatic rings. The van der Waals surface area contributed by atoms with Crippen molar-refractivity contribution < 1.29 is 4.74 Å². The van der Waals surface area contributed by atoms with Crippen molar-refractivity contribution in [2.24, 2.45) is 5.84 Å². The van der Waals surface area contributed by atoms with Crippen molar-refractivity contribution in [3.8, 4) is 0 Å². The first-order valence-electron chi connectivity index (χ1n) is 5.46. The van der Waals surface area contributed by atoms with Crippen molar-refractivity contribution in [3.63, 3.8) is 0 Å². The minimum Gasteiger partial charge on any atom is -0.383 e. The lowest BCUT2D eigenvalue weighted by Crippen LogP contribution is -2.28. The number of nitrogens with zero attached hydrogens (tertiary/aromatic N) is 3. The van der Waals surface area contributed by atoms with Crippen molar-refractivity contribution in [1.82, 2.24) is 14.9 Å². The molecular weight excluding hydrogens is 220 g/mol. The molecule has 0 amide bonds. The van der Waals surface area contributed by atoms with E-state index in [0.717, 1.165) is 32.1 Å². The molecule has 0 fully saturated rings. The molecule has 17 heavy (non-hydrogen) atoms. The largest absolute Gasteiger partial charge is 0.383 e. The smallest absolute Gasteiger partial charge is 0.145 e. The zero-order valence-corrected chi connectivity index (χ0v) is 10.3. The Labute approximate surface area is 101 Å². The summed E-state index contributed by atoms with van der Waals surface area (Å²) in [5.74, 6) is 6.61. The number of nitrogens with two attached hydrogens (primary N) is 1. The zero-order valence-electron chi connectivity index (χ0n) is 10.3. The summed E-state index contributed by atoms with van der Waals surface area (Å²) in [5.41, 5.74) is 2.48. The third-order valence-corrected chi connectivity index (χ3v) is 2.29. The Morgan fingerprint density at radius 3 is 2.82 bits per heavy atom. The van der Waals surface area contributed by atoms with Gasteiger partial charge in [0.2, 0.25) is 0 Å². The highest BCUT2D eigenvalue weighted by Gasteiger charge is 1.99. The molecular formula is C10H20N6O. The number of nitrogen functional groups attached to an aromatic ring is 1. The molecule has 0 saturated carbocycles. The highest BCUT2D eigenvalue weighted by Crippen LogP contribution is 2.06. The number of hydrazine groups is 1. The monoisotopic (exact) mass is 240 g/mol. The van der Waals surface area contributed by atoms with Gasteiger partial charge in [0, 0.05) is 32.8 Å². The third-order valence-electron chi connectivity index (χ3n) is 2.29. The van der Waals surface area contributed by atoms with Crippen molar-refractivity contribution >= 4 is 11.6 Å². The quantitative estimate of drug-likeness (QED) is 0.426. The van der Waals surface area contributed by atoms with E-state index in [1.807, 2.05) is 7.05 Å². The van der Waals surface area contributed by atoms with Gasteiger partial charge in [-0.05, 0) is 7.05 Å². The molecule has 4 N–H and O–H groups in total. The van der Waals surface area contributed by atoms with Crippen LogP contribution in [0.15, 0.2) is 12.4 Å². The molecule has 0 aliphatic carbocycles. The van der Waals surface area contributed by atoms with E-state index in [2.05, 4.69) is 25.6 Å². The fourth-order valence-corrected chi connectivity index (χ4v) is 1.27. The van der Waals surface area contributed by atoms with Crippen LogP contribution in [0, 0.1) is 0 Å². The average Bonchev–Trinajstić information content (AvgIpc) is 2.36. The Morgan fingerprint density at radius 1 is 1.35 bits per heavy atom. The van der Waals surface area contributed by atoms with Crippen LogP contribution in [0.2, 0.25) is 0 Å². The van der Waals surface area contributed by atoms with Gasteiger partial charge in [-0.2, -0.15) is 0 Å². The normalized spacial score (nSPS) is 10.6. The number of anilines is 2. The summed E-state index contributed by atoms with van der Waals surface area (Å²) in [6.45, 7) is 3.38.